The van der Waals surface area contributed by atoms with Gasteiger partial charge in [0.2, 0.25) is 10.0 Å². The SMILES string of the molecule is COCC1(CNS(=O)(=O)c2ccc(OC)c(F)c2C)CCNCC1.Cl. The van der Waals surface area contributed by atoms with E-state index < -0.39 is 15.8 Å². The standard InChI is InChI=1S/C16H25FN2O4S.ClH/c1-12-14(5-4-13(23-3)15(12)17)24(20,21)19-10-16(11-22-2)6-8-18-9-7-16;/h4-5,18-19H,6-11H2,1-3H3;1H. The molecule has 1 saturated heterocycles. The minimum absolute atomic E-state index is 0. The second-order valence-corrected chi connectivity index (χ2v) is 7.95. The fourth-order valence-corrected chi connectivity index (χ4v) is 4.44. The van der Waals surface area contributed by atoms with E-state index in [0.29, 0.717) is 6.61 Å². The van der Waals surface area contributed by atoms with Gasteiger partial charge in [0.15, 0.2) is 11.6 Å². The average molecular weight is 397 g/mol. The third kappa shape index (κ3) is 5.04. The van der Waals surface area contributed by atoms with Crippen LogP contribution < -0.4 is 14.8 Å². The second kappa shape index (κ2) is 9.14. The van der Waals surface area contributed by atoms with Gasteiger partial charge in [-0.2, -0.15) is 0 Å². The lowest BCUT2D eigenvalue weighted by Crippen LogP contribution is -2.47. The van der Waals surface area contributed by atoms with Crippen LogP contribution in [0.5, 0.6) is 5.75 Å². The van der Waals surface area contributed by atoms with Crippen LogP contribution in [0.3, 0.4) is 0 Å². The Hall–Kier alpha value is -0.930. The van der Waals surface area contributed by atoms with Crippen molar-refractivity contribution in [3.05, 3.63) is 23.5 Å². The largest absolute Gasteiger partial charge is 0.494 e. The first-order valence-electron chi connectivity index (χ1n) is 7.88. The first-order valence-corrected chi connectivity index (χ1v) is 9.36. The Morgan fingerprint density at radius 3 is 2.48 bits per heavy atom. The summed E-state index contributed by atoms with van der Waals surface area (Å²) in [5.41, 5.74) is -0.195. The predicted octanol–water partition coefficient (Wildman–Crippen LogP) is 1.86. The molecule has 1 aromatic rings. The molecule has 0 amide bonds. The average Bonchev–Trinajstić information content (AvgIpc) is 2.57. The number of hydrogen-bond acceptors (Lipinski definition) is 5. The molecule has 0 unspecified atom stereocenters. The highest BCUT2D eigenvalue weighted by molar-refractivity contribution is 7.89. The molecule has 0 radical (unpaired) electrons. The van der Waals surface area contributed by atoms with Gasteiger partial charge in [-0.1, -0.05) is 0 Å². The summed E-state index contributed by atoms with van der Waals surface area (Å²) in [6.45, 7) is 3.82. The Morgan fingerprint density at radius 2 is 1.92 bits per heavy atom. The maximum atomic E-state index is 14.1. The zero-order valence-corrected chi connectivity index (χ0v) is 16.4. The molecule has 1 heterocycles. The van der Waals surface area contributed by atoms with Crippen molar-refractivity contribution >= 4 is 22.4 Å². The Morgan fingerprint density at radius 1 is 1.28 bits per heavy atom. The summed E-state index contributed by atoms with van der Waals surface area (Å²) >= 11 is 0. The molecule has 9 heteroatoms. The van der Waals surface area contributed by atoms with E-state index in [1.165, 1.54) is 26.2 Å². The van der Waals surface area contributed by atoms with E-state index in [1.54, 1.807) is 7.11 Å². The Kier molecular flexibility index (Phi) is 8.08. The van der Waals surface area contributed by atoms with E-state index in [9.17, 15) is 12.8 Å². The minimum Gasteiger partial charge on any atom is -0.494 e. The highest BCUT2D eigenvalue weighted by Crippen LogP contribution is 2.30. The lowest BCUT2D eigenvalue weighted by atomic mass is 9.80. The number of benzene rings is 1. The molecule has 1 aliphatic rings. The van der Waals surface area contributed by atoms with Crippen LogP contribution in [0, 0.1) is 18.2 Å². The van der Waals surface area contributed by atoms with Gasteiger partial charge < -0.3 is 14.8 Å². The van der Waals surface area contributed by atoms with Crippen molar-refractivity contribution in [2.24, 2.45) is 5.41 Å². The predicted molar refractivity (Wildman–Crippen MR) is 96.5 cm³/mol. The van der Waals surface area contributed by atoms with Crippen LogP contribution in [0.4, 0.5) is 4.39 Å². The van der Waals surface area contributed by atoms with Crippen LogP contribution in [-0.2, 0) is 14.8 Å². The van der Waals surface area contributed by atoms with Crippen molar-refractivity contribution in [1.29, 1.82) is 0 Å². The normalized spacial score (nSPS) is 17.0. The van der Waals surface area contributed by atoms with Crippen LogP contribution >= 0.6 is 12.4 Å². The van der Waals surface area contributed by atoms with E-state index in [0.717, 1.165) is 25.9 Å². The van der Waals surface area contributed by atoms with Gasteiger partial charge in [0.05, 0.1) is 18.6 Å². The summed E-state index contributed by atoms with van der Waals surface area (Å²) in [4.78, 5) is -0.0673. The summed E-state index contributed by atoms with van der Waals surface area (Å²) in [5.74, 6) is -0.630. The Balaban J connectivity index is 0.00000312. The molecule has 1 fully saturated rings. The van der Waals surface area contributed by atoms with E-state index >= 15 is 0 Å². The summed E-state index contributed by atoms with van der Waals surface area (Å²) < 4.78 is 52.2. The molecule has 1 aromatic carbocycles. The van der Waals surface area contributed by atoms with Crippen molar-refractivity contribution in [1.82, 2.24) is 10.0 Å². The van der Waals surface area contributed by atoms with E-state index in [4.69, 9.17) is 9.47 Å². The van der Waals surface area contributed by atoms with Gasteiger partial charge >= 0.3 is 0 Å². The molecule has 0 aliphatic carbocycles. The van der Waals surface area contributed by atoms with Gasteiger partial charge in [-0.25, -0.2) is 17.5 Å². The number of halogens is 2. The third-order valence-corrected chi connectivity index (χ3v) is 6.11. The topological polar surface area (TPSA) is 76.7 Å². The monoisotopic (exact) mass is 396 g/mol. The van der Waals surface area contributed by atoms with Crippen molar-refractivity contribution in [3.8, 4) is 5.75 Å². The van der Waals surface area contributed by atoms with Crippen LogP contribution in [0.1, 0.15) is 18.4 Å². The van der Waals surface area contributed by atoms with Crippen LogP contribution in [0.15, 0.2) is 17.0 Å². The van der Waals surface area contributed by atoms with E-state index in [1.807, 2.05) is 0 Å². The van der Waals surface area contributed by atoms with Crippen LogP contribution in [0.2, 0.25) is 0 Å². The molecule has 2 N–H and O–H groups in total. The van der Waals surface area contributed by atoms with Gasteiger partial charge in [0, 0.05) is 24.6 Å². The molecule has 0 aromatic heterocycles. The first-order chi connectivity index (χ1) is 11.4. The number of rotatable bonds is 7. The fourth-order valence-electron chi connectivity index (χ4n) is 3.05. The number of nitrogens with one attached hydrogen (secondary N) is 2. The molecule has 144 valence electrons. The maximum absolute atomic E-state index is 14.1. The molecular weight excluding hydrogens is 371 g/mol. The van der Waals surface area contributed by atoms with Gasteiger partial charge in [-0.3, -0.25) is 0 Å². The number of piperidine rings is 1. The summed E-state index contributed by atoms with van der Waals surface area (Å²) in [6, 6.07) is 2.69. The Labute approximate surface area is 154 Å². The van der Waals surface area contributed by atoms with Gasteiger partial charge in [-0.15, -0.1) is 12.4 Å². The first kappa shape index (κ1) is 22.1. The van der Waals surface area contributed by atoms with E-state index in [-0.39, 0.29) is 40.6 Å². The van der Waals surface area contributed by atoms with Crippen LogP contribution in [-0.4, -0.2) is 48.9 Å². The molecule has 1 aliphatic heterocycles. The molecule has 6 nitrogen and oxygen atoms in total. The van der Waals surface area contributed by atoms with Crippen molar-refractivity contribution < 1.29 is 22.3 Å². The third-order valence-electron chi connectivity index (χ3n) is 4.56. The van der Waals surface area contributed by atoms with Crippen molar-refractivity contribution in [2.75, 3.05) is 40.5 Å². The number of methoxy groups -OCH3 is 2. The fraction of sp³-hybridized carbons (Fsp3) is 0.625. The van der Waals surface area contributed by atoms with Crippen molar-refractivity contribution in [3.63, 3.8) is 0 Å². The number of ether oxygens (including phenoxy) is 2. The highest BCUT2D eigenvalue weighted by Gasteiger charge is 2.34. The van der Waals surface area contributed by atoms with E-state index in [2.05, 4.69) is 10.0 Å². The smallest absolute Gasteiger partial charge is 0.240 e. The number of hydrogen-bond donors (Lipinski definition) is 2. The zero-order valence-electron chi connectivity index (χ0n) is 14.7. The molecule has 2 rings (SSSR count). The zero-order chi connectivity index (χ0) is 17.8. The second-order valence-electron chi connectivity index (χ2n) is 6.21. The molecule has 0 spiro atoms. The molecule has 0 saturated carbocycles. The van der Waals surface area contributed by atoms with Gasteiger partial charge in [0.1, 0.15) is 0 Å². The number of sulfonamides is 1. The van der Waals surface area contributed by atoms with Crippen LogP contribution in [0.25, 0.3) is 0 Å². The Bertz CT molecular complexity index is 673. The summed E-state index contributed by atoms with van der Waals surface area (Å²) in [5, 5.41) is 3.26. The summed E-state index contributed by atoms with van der Waals surface area (Å²) in [6.07, 6.45) is 1.64. The van der Waals surface area contributed by atoms with Gasteiger partial charge in [-0.05, 0) is 45.0 Å². The molecule has 0 atom stereocenters. The lowest BCUT2D eigenvalue weighted by molar-refractivity contribution is 0.0577. The minimum atomic E-state index is -3.82. The highest BCUT2D eigenvalue weighted by atomic mass is 35.5. The molecular formula is C16H26ClFN2O4S. The maximum Gasteiger partial charge on any atom is 0.240 e. The van der Waals surface area contributed by atoms with Gasteiger partial charge in [0.25, 0.3) is 0 Å². The molecule has 25 heavy (non-hydrogen) atoms. The molecule has 0 bridgehead atoms. The quantitative estimate of drug-likeness (QED) is 0.735. The van der Waals surface area contributed by atoms with Crippen molar-refractivity contribution in [2.45, 2.75) is 24.7 Å². The summed E-state index contributed by atoms with van der Waals surface area (Å²) in [7, 11) is -0.860. The lowest BCUT2D eigenvalue weighted by Gasteiger charge is -2.37.